The molecule has 0 atom stereocenters. The van der Waals surface area contributed by atoms with E-state index in [-0.39, 0.29) is 30.6 Å². The van der Waals surface area contributed by atoms with Gasteiger partial charge in [0.1, 0.15) is 0 Å². The maximum absolute atomic E-state index is 13.1. The normalized spacial score (nSPS) is 16.2. The van der Waals surface area contributed by atoms with Gasteiger partial charge >= 0.3 is 0 Å². The van der Waals surface area contributed by atoms with Gasteiger partial charge in [0.2, 0.25) is 10.0 Å². The summed E-state index contributed by atoms with van der Waals surface area (Å²) >= 11 is 6.35. The Morgan fingerprint density at radius 2 is 1.45 bits per heavy atom. The van der Waals surface area contributed by atoms with Gasteiger partial charge in [-0.3, -0.25) is 19.3 Å². The molecule has 1 N–H and O–H groups in total. The Morgan fingerprint density at radius 1 is 0.841 bits per heavy atom. The Balaban J connectivity index is 0.00000264. The predicted octanol–water partition coefficient (Wildman–Crippen LogP) is 7.42. The average Bonchev–Trinajstić information content (AvgIpc) is 3.17. The fraction of sp³-hybridized carbons (Fsp3) is 0.441. The van der Waals surface area contributed by atoms with Gasteiger partial charge < -0.3 is 0 Å². The molecule has 1 saturated heterocycles. The number of rotatable bonds is 11. The number of fused-ring (bicyclic) bond motifs is 1. The smallest absolute Gasteiger partial charge is 0.229 e. The molecule has 0 radical (unpaired) electrons. The van der Waals surface area contributed by atoms with Crippen molar-refractivity contribution in [2.75, 3.05) is 37.2 Å². The van der Waals surface area contributed by atoms with Crippen LogP contribution >= 0.6 is 36.4 Å². The number of hydrogen-bond acceptors (Lipinski definition) is 5. The lowest BCUT2D eigenvalue weighted by Crippen LogP contribution is -2.33. The largest absolute Gasteiger partial charge is 0.299 e. The molecule has 3 aromatic carbocycles. The number of piperidine rings is 1. The highest BCUT2D eigenvalue weighted by Gasteiger charge is 2.21. The van der Waals surface area contributed by atoms with E-state index in [0.29, 0.717) is 24.6 Å². The van der Waals surface area contributed by atoms with Gasteiger partial charge in [0.15, 0.2) is 5.78 Å². The maximum Gasteiger partial charge on any atom is 0.229 e. The molecule has 0 bridgehead atoms. The van der Waals surface area contributed by atoms with Gasteiger partial charge in [0, 0.05) is 43.2 Å². The molecule has 240 valence electrons. The van der Waals surface area contributed by atoms with E-state index in [2.05, 4.69) is 32.7 Å². The van der Waals surface area contributed by atoms with E-state index in [1.165, 1.54) is 35.8 Å². The van der Waals surface area contributed by atoms with E-state index in [0.717, 1.165) is 74.6 Å². The van der Waals surface area contributed by atoms with Crippen molar-refractivity contribution < 1.29 is 13.2 Å². The van der Waals surface area contributed by atoms with Gasteiger partial charge in [-0.25, -0.2) is 8.42 Å². The van der Waals surface area contributed by atoms with E-state index in [4.69, 9.17) is 11.6 Å². The van der Waals surface area contributed by atoms with Crippen molar-refractivity contribution in [2.24, 2.45) is 5.92 Å². The van der Waals surface area contributed by atoms with Gasteiger partial charge in [-0.2, -0.15) is 0 Å². The number of likely N-dealkylation sites (tertiary alicyclic amines) is 1. The summed E-state index contributed by atoms with van der Waals surface area (Å²) in [6.07, 6.45) is 8.01. The Kier molecular flexibility index (Phi) is 14.0. The summed E-state index contributed by atoms with van der Waals surface area (Å²) in [5.74, 6) is 0.937. The Hall–Kier alpha value is -2.13. The van der Waals surface area contributed by atoms with Crippen LogP contribution in [0.1, 0.15) is 64.7 Å². The summed E-state index contributed by atoms with van der Waals surface area (Å²) in [7, 11) is -3.34. The Bertz CT molecular complexity index is 1490. The fourth-order valence-corrected chi connectivity index (χ4v) is 7.09. The van der Waals surface area contributed by atoms with Crippen LogP contribution in [0.5, 0.6) is 0 Å². The zero-order chi connectivity index (χ0) is 29.5. The number of carbonyl (C=O) groups is 1. The summed E-state index contributed by atoms with van der Waals surface area (Å²) in [6, 6.07) is 21.9. The molecule has 0 unspecified atom stereocenters. The molecule has 44 heavy (non-hydrogen) atoms. The number of carbonyl (C=O) groups excluding carboxylic acids is 1. The number of para-hydroxylation sites is 1. The minimum Gasteiger partial charge on any atom is -0.299 e. The summed E-state index contributed by atoms with van der Waals surface area (Å²) in [5.41, 5.74) is 6.20. The van der Waals surface area contributed by atoms with Crippen molar-refractivity contribution in [3.05, 3.63) is 99.6 Å². The second-order valence-electron chi connectivity index (χ2n) is 11.9. The summed E-state index contributed by atoms with van der Waals surface area (Å²) in [6.45, 7) is 5.53. The molecule has 0 amide bonds. The molecular weight excluding hydrogens is 637 g/mol. The maximum atomic E-state index is 13.1. The van der Waals surface area contributed by atoms with E-state index in [9.17, 15) is 13.2 Å². The van der Waals surface area contributed by atoms with Gasteiger partial charge in [0.25, 0.3) is 0 Å². The minimum atomic E-state index is -3.34. The van der Waals surface area contributed by atoms with E-state index < -0.39 is 10.0 Å². The summed E-state index contributed by atoms with van der Waals surface area (Å²) in [4.78, 5) is 18.0. The molecule has 6 nitrogen and oxygen atoms in total. The van der Waals surface area contributed by atoms with Crippen LogP contribution in [0.4, 0.5) is 5.69 Å². The summed E-state index contributed by atoms with van der Waals surface area (Å²) < 4.78 is 26.2. The average molecular weight is 681 g/mol. The zero-order valence-corrected chi connectivity index (χ0v) is 28.5. The van der Waals surface area contributed by atoms with Crippen LogP contribution in [0.2, 0.25) is 5.02 Å². The second kappa shape index (κ2) is 17.0. The van der Waals surface area contributed by atoms with Crippen LogP contribution in [0.3, 0.4) is 0 Å². The number of hydrogen-bond donors (Lipinski definition) is 1. The number of ketones is 1. The van der Waals surface area contributed by atoms with Crippen molar-refractivity contribution in [1.29, 1.82) is 0 Å². The molecule has 0 saturated carbocycles. The number of sulfonamides is 1. The van der Waals surface area contributed by atoms with Crippen LogP contribution in [-0.4, -0.2) is 56.4 Å². The molecule has 1 fully saturated rings. The number of benzene rings is 3. The SMILES string of the molecule is CS(=O)(=O)Nc1ccccc1CN1CCc2ccc(C(=O)CCCC3CCN(Cc4ccccc4Cl)CC3)cc2CC1.Cl.Cl. The van der Waals surface area contributed by atoms with Gasteiger partial charge in [0.05, 0.1) is 11.9 Å². The molecule has 10 heteroatoms. The molecule has 0 aliphatic carbocycles. The third kappa shape index (κ3) is 10.5. The van der Waals surface area contributed by atoms with Crippen molar-refractivity contribution in [3.63, 3.8) is 0 Å². The first-order valence-electron chi connectivity index (χ1n) is 15.1. The molecule has 5 rings (SSSR count). The third-order valence-electron chi connectivity index (χ3n) is 8.70. The number of Topliss-reactive ketones (excluding diaryl/α,β-unsaturated/α-hetero) is 1. The van der Waals surface area contributed by atoms with Crippen LogP contribution in [0, 0.1) is 5.92 Å². The Morgan fingerprint density at radius 3 is 2.16 bits per heavy atom. The number of nitrogens with zero attached hydrogens (tertiary/aromatic N) is 2. The molecule has 2 heterocycles. The fourth-order valence-electron chi connectivity index (χ4n) is 6.30. The van der Waals surface area contributed by atoms with E-state index >= 15 is 0 Å². The first-order chi connectivity index (χ1) is 20.2. The lowest BCUT2D eigenvalue weighted by molar-refractivity contribution is 0.0974. The molecule has 0 aromatic heterocycles. The number of nitrogens with one attached hydrogen (secondary N) is 1. The van der Waals surface area contributed by atoms with Crippen LogP contribution in [0.25, 0.3) is 0 Å². The number of halogens is 3. The Labute approximate surface area is 280 Å². The lowest BCUT2D eigenvalue weighted by atomic mass is 9.90. The monoisotopic (exact) mass is 679 g/mol. The number of anilines is 1. The van der Waals surface area contributed by atoms with Crippen LogP contribution in [-0.2, 0) is 36.0 Å². The summed E-state index contributed by atoms with van der Waals surface area (Å²) in [5, 5.41) is 0.846. The first-order valence-corrected chi connectivity index (χ1v) is 17.4. The molecule has 2 aliphatic rings. The molecular formula is C34H44Cl3N3O3S. The molecule has 2 aliphatic heterocycles. The first kappa shape index (κ1) is 36.3. The van der Waals surface area contributed by atoms with Crippen molar-refractivity contribution >= 4 is 57.9 Å². The van der Waals surface area contributed by atoms with Crippen molar-refractivity contribution in [1.82, 2.24) is 9.80 Å². The van der Waals surface area contributed by atoms with Crippen molar-refractivity contribution in [3.8, 4) is 0 Å². The molecule has 3 aromatic rings. The third-order valence-corrected chi connectivity index (χ3v) is 9.66. The van der Waals surface area contributed by atoms with E-state index in [1.54, 1.807) is 0 Å². The van der Waals surface area contributed by atoms with Gasteiger partial charge in [-0.15, -0.1) is 24.8 Å². The topological polar surface area (TPSA) is 69.7 Å². The highest BCUT2D eigenvalue weighted by atomic mass is 35.5. The van der Waals surface area contributed by atoms with Crippen molar-refractivity contribution in [2.45, 2.75) is 58.0 Å². The van der Waals surface area contributed by atoms with E-state index in [1.807, 2.05) is 48.5 Å². The highest BCUT2D eigenvalue weighted by molar-refractivity contribution is 7.92. The quantitative estimate of drug-likeness (QED) is 0.214. The second-order valence-corrected chi connectivity index (χ2v) is 14.1. The molecule has 0 spiro atoms. The van der Waals surface area contributed by atoms with Gasteiger partial charge in [-0.05, 0) is 98.0 Å². The van der Waals surface area contributed by atoms with Gasteiger partial charge in [-0.1, -0.05) is 60.1 Å². The highest BCUT2D eigenvalue weighted by Crippen LogP contribution is 2.27. The lowest BCUT2D eigenvalue weighted by Gasteiger charge is -2.32. The van der Waals surface area contributed by atoms with Crippen LogP contribution < -0.4 is 4.72 Å². The zero-order valence-electron chi connectivity index (χ0n) is 25.3. The standard InChI is InChI=1S/C34H42ClN3O3S.2ClH/c1-42(40,41)36-33-11-5-3-9-31(33)25-38-21-17-27-13-14-29(23-28(27)18-22-38)34(39)12-6-7-26-15-19-37(20-16-26)24-30-8-2-4-10-32(30)35;;/h2-5,8-11,13-14,23,26,36H,6-7,12,15-22,24-25H2,1H3;2*1H. The predicted molar refractivity (Wildman–Crippen MR) is 186 cm³/mol. The van der Waals surface area contributed by atoms with Crippen LogP contribution in [0.15, 0.2) is 66.7 Å². The minimum absolute atomic E-state index is 0.